The molecule has 8 nitrogen and oxygen atoms in total. The number of ether oxygens (including phenoxy) is 1. The summed E-state index contributed by atoms with van der Waals surface area (Å²) in [4.78, 5) is 27.2. The Hall–Kier alpha value is -3.20. The number of hydrogen-bond acceptors (Lipinski definition) is 7. The highest BCUT2D eigenvalue weighted by atomic mass is 19.1. The van der Waals surface area contributed by atoms with Crippen LogP contribution in [0.3, 0.4) is 0 Å². The first-order chi connectivity index (χ1) is 14.6. The smallest absolute Gasteiger partial charge is 0.252 e. The molecule has 0 radical (unpaired) electrons. The van der Waals surface area contributed by atoms with E-state index in [0.717, 1.165) is 24.2 Å². The molecule has 0 spiro atoms. The van der Waals surface area contributed by atoms with Crippen molar-refractivity contribution in [1.82, 2.24) is 25.0 Å². The first kappa shape index (κ1) is 20.1. The highest BCUT2D eigenvalue weighted by molar-refractivity contribution is 5.77. The van der Waals surface area contributed by atoms with Crippen LogP contribution in [0.25, 0.3) is 11.3 Å². The molecule has 0 saturated carbocycles. The van der Waals surface area contributed by atoms with Gasteiger partial charge in [0.05, 0.1) is 5.69 Å². The fourth-order valence-corrected chi connectivity index (χ4v) is 3.48. The summed E-state index contributed by atoms with van der Waals surface area (Å²) >= 11 is 0. The number of aromatic nitrogens is 4. The van der Waals surface area contributed by atoms with Crippen molar-refractivity contribution in [2.24, 2.45) is 0 Å². The van der Waals surface area contributed by atoms with Gasteiger partial charge in [0.1, 0.15) is 24.9 Å². The van der Waals surface area contributed by atoms with Crippen molar-refractivity contribution in [3.8, 4) is 11.3 Å². The largest absolute Gasteiger partial charge is 0.362 e. The molecule has 0 aliphatic carbocycles. The number of likely N-dealkylation sites (tertiary alicyclic amines) is 1. The van der Waals surface area contributed by atoms with Gasteiger partial charge in [0.15, 0.2) is 5.82 Å². The standard InChI is InChI=1S/C21H22FN5O3/c1-14-24-19(30-26-14)12-29-13-20(28)27-9-6-15(7-10-27)21-23-8-5-18(25-21)16-3-2-4-17(22)11-16/h2-5,8,11,15H,6-7,9-10,12-13H2,1H3. The number of benzene rings is 1. The monoisotopic (exact) mass is 411 g/mol. The van der Waals surface area contributed by atoms with Crippen LogP contribution in [0.15, 0.2) is 41.1 Å². The summed E-state index contributed by atoms with van der Waals surface area (Å²) in [6.07, 6.45) is 3.23. The molecular formula is C21H22FN5O3. The molecule has 1 aliphatic heterocycles. The molecule has 3 aromatic rings. The molecule has 1 amide bonds. The Labute approximate surface area is 173 Å². The molecule has 4 rings (SSSR count). The molecule has 1 aliphatic rings. The van der Waals surface area contributed by atoms with Crippen molar-refractivity contribution in [2.75, 3.05) is 19.7 Å². The van der Waals surface area contributed by atoms with E-state index in [2.05, 4.69) is 20.1 Å². The maximum Gasteiger partial charge on any atom is 0.252 e. The van der Waals surface area contributed by atoms with Gasteiger partial charge in [-0.2, -0.15) is 4.98 Å². The lowest BCUT2D eigenvalue weighted by molar-refractivity contribution is -0.137. The zero-order chi connectivity index (χ0) is 20.9. The van der Waals surface area contributed by atoms with Crippen molar-refractivity contribution in [2.45, 2.75) is 32.3 Å². The molecule has 0 bridgehead atoms. The van der Waals surface area contributed by atoms with E-state index in [4.69, 9.17) is 9.26 Å². The number of aryl methyl sites for hydroxylation is 1. The van der Waals surface area contributed by atoms with Crippen molar-refractivity contribution >= 4 is 5.91 Å². The van der Waals surface area contributed by atoms with Crippen LogP contribution in [0.1, 0.15) is 36.3 Å². The Bertz CT molecular complexity index is 1020. The van der Waals surface area contributed by atoms with E-state index in [9.17, 15) is 9.18 Å². The SMILES string of the molecule is Cc1noc(COCC(=O)N2CCC(c3nccc(-c4cccc(F)c4)n3)CC2)n1. The predicted octanol–water partition coefficient (Wildman–Crippen LogP) is 2.90. The number of carbonyl (C=O) groups is 1. The summed E-state index contributed by atoms with van der Waals surface area (Å²) in [5.74, 6) is 1.41. The highest BCUT2D eigenvalue weighted by Gasteiger charge is 2.25. The van der Waals surface area contributed by atoms with Gasteiger partial charge in [-0.25, -0.2) is 14.4 Å². The summed E-state index contributed by atoms with van der Waals surface area (Å²) in [5, 5.41) is 3.68. The molecule has 0 atom stereocenters. The molecular weight excluding hydrogens is 389 g/mol. The maximum atomic E-state index is 13.5. The number of piperidine rings is 1. The normalized spacial score (nSPS) is 14.8. The van der Waals surface area contributed by atoms with E-state index in [-0.39, 0.29) is 30.9 Å². The van der Waals surface area contributed by atoms with E-state index in [0.29, 0.717) is 30.5 Å². The lowest BCUT2D eigenvalue weighted by Gasteiger charge is -2.31. The van der Waals surface area contributed by atoms with Gasteiger partial charge in [0.25, 0.3) is 5.89 Å². The van der Waals surface area contributed by atoms with Crippen molar-refractivity contribution in [3.63, 3.8) is 0 Å². The third-order valence-electron chi connectivity index (χ3n) is 5.03. The Morgan fingerprint density at radius 1 is 1.27 bits per heavy atom. The third-order valence-corrected chi connectivity index (χ3v) is 5.03. The number of carbonyl (C=O) groups excluding carboxylic acids is 1. The molecule has 0 N–H and O–H groups in total. The number of hydrogen-bond donors (Lipinski definition) is 0. The molecule has 156 valence electrons. The van der Waals surface area contributed by atoms with Crippen LogP contribution in [0.5, 0.6) is 0 Å². The Morgan fingerprint density at radius 2 is 2.10 bits per heavy atom. The topological polar surface area (TPSA) is 94.2 Å². The van der Waals surface area contributed by atoms with Gasteiger partial charge in [0, 0.05) is 30.8 Å². The molecule has 1 saturated heterocycles. The minimum Gasteiger partial charge on any atom is -0.362 e. The van der Waals surface area contributed by atoms with E-state index in [1.54, 1.807) is 30.2 Å². The minimum absolute atomic E-state index is 0.0301. The summed E-state index contributed by atoms with van der Waals surface area (Å²) < 4.78 is 23.9. The molecule has 30 heavy (non-hydrogen) atoms. The highest BCUT2D eigenvalue weighted by Crippen LogP contribution is 2.27. The number of rotatable bonds is 6. The lowest BCUT2D eigenvalue weighted by atomic mass is 9.95. The first-order valence-electron chi connectivity index (χ1n) is 9.82. The quantitative estimate of drug-likeness (QED) is 0.615. The molecule has 1 aromatic carbocycles. The van der Waals surface area contributed by atoms with Gasteiger partial charge in [-0.3, -0.25) is 4.79 Å². The second kappa shape index (κ2) is 9.08. The zero-order valence-electron chi connectivity index (χ0n) is 16.6. The van der Waals surface area contributed by atoms with E-state index in [1.165, 1.54) is 12.1 Å². The maximum absolute atomic E-state index is 13.5. The summed E-state index contributed by atoms with van der Waals surface area (Å²) in [6.45, 7) is 3.03. The van der Waals surface area contributed by atoms with Gasteiger partial charge >= 0.3 is 0 Å². The van der Waals surface area contributed by atoms with Crippen LogP contribution in [0.2, 0.25) is 0 Å². The fraction of sp³-hybridized carbons (Fsp3) is 0.381. The Balaban J connectivity index is 1.30. The minimum atomic E-state index is -0.295. The van der Waals surface area contributed by atoms with Crippen LogP contribution in [0, 0.1) is 12.7 Å². The van der Waals surface area contributed by atoms with Crippen LogP contribution in [0.4, 0.5) is 4.39 Å². The third kappa shape index (κ3) is 4.85. The van der Waals surface area contributed by atoms with Crippen LogP contribution >= 0.6 is 0 Å². The molecule has 3 heterocycles. The van der Waals surface area contributed by atoms with Gasteiger partial charge in [0.2, 0.25) is 5.91 Å². The average molecular weight is 411 g/mol. The summed E-state index contributed by atoms with van der Waals surface area (Å²) in [5.41, 5.74) is 1.42. The van der Waals surface area contributed by atoms with Gasteiger partial charge < -0.3 is 14.2 Å². The van der Waals surface area contributed by atoms with Gasteiger partial charge in [-0.1, -0.05) is 17.3 Å². The first-order valence-corrected chi connectivity index (χ1v) is 9.82. The molecule has 1 fully saturated rings. The van der Waals surface area contributed by atoms with Crippen molar-refractivity contribution in [1.29, 1.82) is 0 Å². The number of amides is 1. The zero-order valence-corrected chi connectivity index (χ0v) is 16.6. The second-order valence-electron chi connectivity index (χ2n) is 7.19. The van der Waals surface area contributed by atoms with Gasteiger partial charge in [-0.05, 0) is 38.0 Å². The van der Waals surface area contributed by atoms with E-state index in [1.807, 2.05) is 6.07 Å². The van der Waals surface area contributed by atoms with Crippen molar-refractivity contribution in [3.05, 3.63) is 59.9 Å². The van der Waals surface area contributed by atoms with Gasteiger partial charge in [-0.15, -0.1) is 0 Å². The second-order valence-corrected chi connectivity index (χ2v) is 7.19. The summed E-state index contributed by atoms with van der Waals surface area (Å²) in [6, 6.07) is 8.14. The number of nitrogens with zero attached hydrogens (tertiary/aromatic N) is 5. The molecule has 2 aromatic heterocycles. The average Bonchev–Trinajstić information content (AvgIpc) is 3.19. The predicted molar refractivity (Wildman–Crippen MR) is 105 cm³/mol. The van der Waals surface area contributed by atoms with E-state index < -0.39 is 0 Å². The molecule has 0 unspecified atom stereocenters. The Kier molecular flexibility index (Phi) is 6.08. The van der Waals surface area contributed by atoms with Crippen LogP contribution < -0.4 is 0 Å². The molecule has 9 heteroatoms. The van der Waals surface area contributed by atoms with Crippen LogP contribution in [-0.4, -0.2) is 50.6 Å². The fourth-order valence-electron chi connectivity index (χ4n) is 3.48. The van der Waals surface area contributed by atoms with Crippen LogP contribution in [-0.2, 0) is 16.1 Å². The van der Waals surface area contributed by atoms with Crippen molar-refractivity contribution < 1.29 is 18.4 Å². The number of halogens is 1. The summed E-state index contributed by atoms with van der Waals surface area (Å²) in [7, 11) is 0. The van der Waals surface area contributed by atoms with E-state index >= 15 is 0 Å². The Morgan fingerprint density at radius 3 is 2.83 bits per heavy atom. The lowest BCUT2D eigenvalue weighted by Crippen LogP contribution is -2.40.